The molecule has 0 saturated carbocycles. The maximum Gasteiger partial charge on any atom is 0.327 e. The largest absolute Gasteiger partial charge is 0.478 e. The van der Waals surface area contributed by atoms with Crippen LogP contribution >= 0.6 is 25.3 Å². The molecule has 0 aliphatic heterocycles. The molecule has 8 heteroatoms. The van der Waals surface area contributed by atoms with Crippen LogP contribution in [0.3, 0.4) is 0 Å². The highest BCUT2D eigenvalue weighted by atomic mass is 32.1. The van der Waals surface area contributed by atoms with Crippen LogP contribution in [-0.2, 0) is 23.9 Å². The van der Waals surface area contributed by atoms with Crippen molar-refractivity contribution in [3.05, 3.63) is 12.2 Å². The number of hydrogen-bond acceptors (Lipinski definition) is 7. The average Bonchev–Trinajstić information content (AvgIpc) is 2.34. The second-order valence-electron chi connectivity index (χ2n) is 2.60. The number of ether oxygens (including phenoxy) is 2. The molecule has 0 saturated heterocycles. The summed E-state index contributed by atoms with van der Waals surface area (Å²) in [6.07, 6.45) is 2.56. The maximum absolute atomic E-state index is 10.5. The van der Waals surface area contributed by atoms with E-state index >= 15 is 0 Å². The van der Waals surface area contributed by atoms with Crippen molar-refractivity contribution in [2.45, 2.75) is 6.92 Å². The highest BCUT2D eigenvalue weighted by Gasteiger charge is 2.00. The molecule has 0 aliphatic carbocycles. The number of carboxylic acids is 1. The fourth-order valence-electron chi connectivity index (χ4n) is 0.545. The van der Waals surface area contributed by atoms with Crippen molar-refractivity contribution in [1.29, 1.82) is 0 Å². The summed E-state index contributed by atoms with van der Waals surface area (Å²) in [4.78, 5) is 30.5. The molecular weight excluding hydrogens is 280 g/mol. The van der Waals surface area contributed by atoms with Crippen LogP contribution in [0.15, 0.2) is 12.2 Å². The molecule has 0 aromatic carbocycles. The third-order valence-corrected chi connectivity index (χ3v) is 1.69. The number of thiol groups is 2. The molecule has 0 aliphatic rings. The molecule has 0 atom stereocenters. The van der Waals surface area contributed by atoms with E-state index in [2.05, 4.69) is 34.7 Å². The number of hydrogen-bond donors (Lipinski definition) is 3. The first-order valence-corrected chi connectivity index (χ1v) is 6.13. The van der Waals surface area contributed by atoms with E-state index in [4.69, 9.17) is 5.11 Å². The molecule has 104 valence electrons. The van der Waals surface area contributed by atoms with Gasteiger partial charge < -0.3 is 14.6 Å². The van der Waals surface area contributed by atoms with Crippen LogP contribution in [0.1, 0.15) is 6.92 Å². The van der Waals surface area contributed by atoms with Crippen LogP contribution in [0.5, 0.6) is 0 Å². The first-order valence-electron chi connectivity index (χ1n) is 4.86. The van der Waals surface area contributed by atoms with Crippen molar-refractivity contribution in [2.24, 2.45) is 0 Å². The summed E-state index contributed by atoms with van der Waals surface area (Å²) in [5, 5.41) is 7.83. The second kappa shape index (κ2) is 13.9. The molecule has 0 spiro atoms. The monoisotopic (exact) mass is 296 g/mol. The van der Waals surface area contributed by atoms with E-state index < -0.39 is 17.9 Å². The van der Waals surface area contributed by atoms with E-state index in [0.29, 0.717) is 0 Å². The molecule has 0 amide bonds. The van der Waals surface area contributed by atoms with Gasteiger partial charge in [-0.1, -0.05) is 6.08 Å². The van der Waals surface area contributed by atoms with E-state index in [1.807, 2.05) is 0 Å². The van der Waals surface area contributed by atoms with Gasteiger partial charge in [-0.3, -0.25) is 9.59 Å². The minimum absolute atomic E-state index is 0.0283. The van der Waals surface area contributed by atoms with Crippen LogP contribution < -0.4 is 0 Å². The Morgan fingerprint density at radius 1 is 1.06 bits per heavy atom. The van der Waals surface area contributed by atoms with E-state index in [1.54, 1.807) is 6.92 Å². The standard InChI is InChI=1S/C6H10O4S2.C4H6O2/c7-5(3-11)9-1-2-10-6(8)4-12;1-2-3-4(5)6/h11-12H,1-4H2;2-3H,1H3,(H,5,6). The lowest BCUT2D eigenvalue weighted by molar-refractivity contribution is -0.148. The van der Waals surface area contributed by atoms with Crippen molar-refractivity contribution in [3.8, 4) is 0 Å². The summed E-state index contributed by atoms with van der Waals surface area (Å²) in [5.74, 6) is -1.70. The number of aliphatic carboxylic acids is 1. The molecular formula is C10H16O6S2. The lowest BCUT2D eigenvalue weighted by Gasteiger charge is -2.03. The fraction of sp³-hybridized carbons (Fsp3) is 0.500. The quantitative estimate of drug-likeness (QED) is 0.287. The number of carboxylic acid groups (broad SMARTS) is 1. The van der Waals surface area contributed by atoms with Gasteiger partial charge in [0.25, 0.3) is 0 Å². The van der Waals surface area contributed by atoms with Gasteiger partial charge in [-0.15, -0.1) is 0 Å². The Bertz CT molecular complexity index is 272. The molecule has 0 unspecified atom stereocenters. The summed E-state index contributed by atoms with van der Waals surface area (Å²) in [7, 11) is 0. The van der Waals surface area contributed by atoms with Gasteiger partial charge in [0.2, 0.25) is 0 Å². The summed E-state index contributed by atoms with van der Waals surface area (Å²) in [6.45, 7) is 1.80. The van der Waals surface area contributed by atoms with Gasteiger partial charge in [0.1, 0.15) is 13.2 Å². The summed E-state index contributed by atoms with van der Waals surface area (Å²) >= 11 is 7.36. The van der Waals surface area contributed by atoms with Crippen molar-refractivity contribution in [2.75, 3.05) is 24.7 Å². The number of esters is 2. The van der Waals surface area contributed by atoms with Gasteiger partial charge in [0, 0.05) is 6.08 Å². The minimum Gasteiger partial charge on any atom is -0.478 e. The Balaban J connectivity index is 0. The Morgan fingerprint density at radius 3 is 1.61 bits per heavy atom. The van der Waals surface area contributed by atoms with Crippen molar-refractivity contribution in [3.63, 3.8) is 0 Å². The van der Waals surface area contributed by atoms with Crippen molar-refractivity contribution in [1.82, 2.24) is 0 Å². The SMILES string of the molecule is CC=CC(=O)O.O=C(CS)OCCOC(=O)CS. The van der Waals surface area contributed by atoms with Gasteiger partial charge in [-0.2, -0.15) is 25.3 Å². The Hall–Kier alpha value is -1.15. The number of rotatable bonds is 6. The highest BCUT2D eigenvalue weighted by molar-refractivity contribution is 7.81. The lowest BCUT2D eigenvalue weighted by Crippen LogP contribution is -2.14. The normalized spacial score (nSPS) is 9.28. The van der Waals surface area contributed by atoms with Crippen LogP contribution in [0.4, 0.5) is 0 Å². The predicted octanol–water partition coefficient (Wildman–Crippen LogP) is 0.579. The van der Waals surface area contributed by atoms with Gasteiger partial charge in [0.15, 0.2) is 0 Å². The zero-order chi connectivity index (χ0) is 14.4. The molecule has 1 N–H and O–H groups in total. The van der Waals surface area contributed by atoms with E-state index in [-0.39, 0.29) is 24.7 Å². The average molecular weight is 296 g/mol. The van der Waals surface area contributed by atoms with Gasteiger partial charge >= 0.3 is 17.9 Å². The third-order valence-electron chi connectivity index (χ3n) is 1.18. The van der Waals surface area contributed by atoms with E-state index in [0.717, 1.165) is 6.08 Å². The van der Waals surface area contributed by atoms with E-state index in [9.17, 15) is 14.4 Å². The maximum atomic E-state index is 10.5. The molecule has 0 aromatic heterocycles. The molecule has 0 bridgehead atoms. The van der Waals surface area contributed by atoms with Crippen LogP contribution in [-0.4, -0.2) is 47.7 Å². The molecule has 0 rings (SSSR count). The number of allylic oxidation sites excluding steroid dienone is 1. The van der Waals surface area contributed by atoms with Crippen LogP contribution in [0.2, 0.25) is 0 Å². The molecule has 0 radical (unpaired) electrons. The molecule has 0 fully saturated rings. The smallest absolute Gasteiger partial charge is 0.327 e. The van der Waals surface area contributed by atoms with E-state index in [1.165, 1.54) is 6.08 Å². The van der Waals surface area contributed by atoms with Crippen LogP contribution in [0, 0.1) is 0 Å². The fourth-order valence-corrected chi connectivity index (χ4v) is 0.727. The highest BCUT2D eigenvalue weighted by Crippen LogP contribution is 1.85. The number of carbonyl (C=O) groups is 3. The Labute approximate surface area is 116 Å². The minimum atomic E-state index is -0.891. The second-order valence-corrected chi connectivity index (χ2v) is 3.23. The molecule has 18 heavy (non-hydrogen) atoms. The zero-order valence-corrected chi connectivity index (χ0v) is 11.7. The molecule has 0 heterocycles. The number of carbonyl (C=O) groups excluding carboxylic acids is 2. The zero-order valence-electron chi connectivity index (χ0n) is 9.87. The summed E-state index contributed by atoms with van der Waals surface area (Å²) in [5.41, 5.74) is 0. The Morgan fingerprint density at radius 2 is 1.44 bits per heavy atom. The first-order chi connectivity index (χ1) is 8.47. The Kier molecular flexibility index (Phi) is 14.8. The first kappa shape index (κ1) is 19.2. The van der Waals surface area contributed by atoms with Crippen molar-refractivity contribution < 1.29 is 29.0 Å². The van der Waals surface area contributed by atoms with Gasteiger partial charge in [-0.25, -0.2) is 4.79 Å². The van der Waals surface area contributed by atoms with Crippen molar-refractivity contribution >= 4 is 43.2 Å². The van der Waals surface area contributed by atoms with Crippen LogP contribution in [0.25, 0.3) is 0 Å². The summed E-state index contributed by atoms with van der Waals surface area (Å²) in [6, 6.07) is 0. The topological polar surface area (TPSA) is 89.9 Å². The summed E-state index contributed by atoms with van der Waals surface area (Å²) < 4.78 is 9.14. The van der Waals surface area contributed by atoms with Gasteiger partial charge in [0.05, 0.1) is 11.5 Å². The third kappa shape index (κ3) is 17.3. The molecule has 0 aromatic rings. The predicted molar refractivity (Wildman–Crippen MR) is 72.1 cm³/mol. The molecule has 6 nitrogen and oxygen atoms in total. The lowest BCUT2D eigenvalue weighted by atomic mass is 10.5. The van der Waals surface area contributed by atoms with Gasteiger partial charge in [-0.05, 0) is 6.92 Å².